The molecular weight excluding hydrogens is 414 g/mol. The van der Waals surface area contributed by atoms with Crippen molar-refractivity contribution < 1.29 is 19.1 Å². The monoisotopic (exact) mass is 433 g/mol. The number of carbonyl (C=O) groups is 3. The molecule has 1 unspecified atom stereocenters. The Labute approximate surface area is 177 Å². The fourth-order valence-electron chi connectivity index (χ4n) is 2.68. The Bertz CT molecular complexity index is 963. The minimum Gasteiger partial charge on any atom is -0.462 e. The van der Waals surface area contributed by atoms with Crippen LogP contribution < -0.4 is 10.6 Å². The molecule has 7 nitrogen and oxygen atoms in total. The molecule has 0 saturated heterocycles. The lowest BCUT2D eigenvalue weighted by atomic mass is 10.0. The molecule has 2 amide bonds. The zero-order valence-corrected chi connectivity index (χ0v) is 17.7. The second-order valence-electron chi connectivity index (χ2n) is 6.15. The molecule has 2 N–H and O–H groups in total. The van der Waals surface area contributed by atoms with E-state index in [0.717, 1.165) is 16.9 Å². The highest BCUT2D eigenvalue weighted by Gasteiger charge is 2.24. The number of nitrogens with one attached hydrogen (secondary N) is 2. The van der Waals surface area contributed by atoms with Crippen molar-refractivity contribution >= 4 is 45.7 Å². The van der Waals surface area contributed by atoms with Crippen molar-refractivity contribution in [1.29, 1.82) is 5.26 Å². The van der Waals surface area contributed by atoms with E-state index in [1.807, 2.05) is 6.07 Å². The maximum absolute atomic E-state index is 12.6. The van der Waals surface area contributed by atoms with Crippen LogP contribution >= 0.6 is 22.9 Å². The van der Waals surface area contributed by atoms with Crippen molar-refractivity contribution in [2.45, 2.75) is 33.2 Å². The largest absolute Gasteiger partial charge is 0.462 e. The van der Waals surface area contributed by atoms with Crippen molar-refractivity contribution in [3.8, 4) is 6.07 Å². The summed E-state index contributed by atoms with van der Waals surface area (Å²) in [6, 6.07) is 8.24. The van der Waals surface area contributed by atoms with Gasteiger partial charge in [-0.25, -0.2) is 4.79 Å². The van der Waals surface area contributed by atoms with Crippen LogP contribution in [0.5, 0.6) is 0 Å². The van der Waals surface area contributed by atoms with Crippen LogP contribution in [0.2, 0.25) is 5.02 Å². The summed E-state index contributed by atoms with van der Waals surface area (Å²) < 4.78 is 4.99. The number of hydrogen-bond donors (Lipinski definition) is 2. The average molecular weight is 434 g/mol. The van der Waals surface area contributed by atoms with Gasteiger partial charge in [0.05, 0.1) is 24.6 Å². The fraction of sp³-hybridized carbons (Fsp3) is 0.300. The summed E-state index contributed by atoms with van der Waals surface area (Å²) >= 11 is 6.89. The summed E-state index contributed by atoms with van der Waals surface area (Å²) in [5.74, 6) is -1.23. The minimum atomic E-state index is -0.569. The Morgan fingerprint density at radius 3 is 2.48 bits per heavy atom. The predicted octanol–water partition coefficient (Wildman–Crippen LogP) is 3.96. The third kappa shape index (κ3) is 5.79. The number of rotatable bonds is 7. The second-order valence-corrected chi connectivity index (χ2v) is 7.61. The number of anilines is 1. The van der Waals surface area contributed by atoms with Crippen LogP contribution in [0.4, 0.5) is 5.00 Å². The Balaban J connectivity index is 2.22. The molecule has 2 rings (SSSR count). The van der Waals surface area contributed by atoms with Gasteiger partial charge in [0.25, 0.3) is 0 Å². The van der Waals surface area contributed by atoms with Crippen LogP contribution in [-0.2, 0) is 14.3 Å². The SMILES string of the molecule is CCOC(=O)c1sc(NC(=O)CC(NC(C)=O)c2ccc(Cl)cc2)c(C#N)c1C. The van der Waals surface area contributed by atoms with Gasteiger partial charge in [-0.15, -0.1) is 11.3 Å². The van der Waals surface area contributed by atoms with Gasteiger partial charge in [0, 0.05) is 11.9 Å². The first-order chi connectivity index (χ1) is 13.8. The molecule has 0 radical (unpaired) electrons. The van der Waals surface area contributed by atoms with Gasteiger partial charge in [-0.05, 0) is 37.1 Å². The number of nitriles is 1. The summed E-state index contributed by atoms with van der Waals surface area (Å²) in [7, 11) is 0. The lowest BCUT2D eigenvalue weighted by Crippen LogP contribution is -2.29. The lowest BCUT2D eigenvalue weighted by molar-refractivity contribution is -0.120. The number of halogens is 1. The molecule has 1 aromatic heterocycles. The topological polar surface area (TPSA) is 108 Å². The minimum absolute atomic E-state index is 0.0578. The van der Waals surface area contributed by atoms with Gasteiger partial charge in [0.1, 0.15) is 15.9 Å². The predicted molar refractivity (Wildman–Crippen MR) is 111 cm³/mol. The quantitative estimate of drug-likeness (QED) is 0.642. The molecule has 0 spiro atoms. The van der Waals surface area contributed by atoms with Crippen molar-refractivity contribution in [2.75, 3.05) is 11.9 Å². The maximum atomic E-state index is 12.6. The second kappa shape index (κ2) is 10.0. The summed E-state index contributed by atoms with van der Waals surface area (Å²) in [6.45, 7) is 4.89. The Morgan fingerprint density at radius 1 is 1.28 bits per heavy atom. The summed E-state index contributed by atoms with van der Waals surface area (Å²) in [5.41, 5.74) is 1.39. The smallest absolute Gasteiger partial charge is 0.348 e. The fourth-order valence-corrected chi connectivity index (χ4v) is 3.88. The molecule has 0 aliphatic carbocycles. The van der Waals surface area contributed by atoms with Crippen LogP contribution in [0.25, 0.3) is 0 Å². The lowest BCUT2D eigenvalue weighted by Gasteiger charge is -2.18. The van der Waals surface area contributed by atoms with Crippen LogP contribution in [0.3, 0.4) is 0 Å². The molecule has 0 aliphatic rings. The van der Waals surface area contributed by atoms with E-state index in [9.17, 15) is 19.6 Å². The number of benzene rings is 1. The number of hydrogen-bond acceptors (Lipinski definition) is 6. The highest BCUT2D eigenvalue weighted by atomic mass is 35.5. The number of ether oxygens (including phenoxy) is 1. The normalized spacial score (nSPS) is 11.3. The Hall–Kier alpha value is -2.89. The molecule has 0 bridgehead atoms. The Kier molecular flexibility index (Phi) is 7.76. The highest BCUT2D eigenvalue weighted by molar-refractivity contribution is 7.18. The van der Waals surface area contributed by atoms with E-state index >= 15 is 0 Å². The maximum Gasteiger partial charge on any atom is 0.348 e. The van der Waals surface area contributed by atoms with Crippen molar-refractivity contribution in [2.24, 2.45) is 0 Å². The van der Waals surface area contributed by atoms with E-state index in [4.69, 9.17) is 16.3 Å². The molecule has 0 saturated carbocycles. The number of thiophene rings is 1. The number of nitrogens with zero attached hydrogens (tertiary/aromatic N) is 1. The molecule has 152 valence electrons. The first-order valence-electron chi connectivity index (χ1n) is 8.79. The first-order valence-corrected chi connectivity index (χ1v) is 9.99. The molecule has 0 aliphatic heterocycles. The van der Waals surface area contributed by atoms with E-state index < -0.39 is 17.9 Å². The number of esters is 1. The highest BCUT2D eigenvalue weighted by Crippen LogP contribution is 2.33. The number of amides is 2. The van der Waals surface area contributed by atoms with Crippen molar-refractivity contribution in [3.63, 3.8) is 0 Å². The third-order valence-electron chi connectivity index (χ3n) is 4.01. The van der Waals surface area contributed by atoms with Crippen molar-refractivity contribution in [1.82, 2.24) is 5.32 Å². The summed E-state index contributed by atoms with van der Waals surface area (Å²) in [4.78, 5) is 36.5. The molecule has 1 heterocycles. The van der Waals surface area contributed by atoms with E-state index in [1.165, 1.54) is 6.92 Å². The molecule has 2 aromatic rings. The van der Waals surface area contributed by atoms with Crippen LogP contribution in [0, 0.1) is 18.3 Å². The van der Waals surface area contributed by atoms with Gasteiger partial charge in [-0.2, -0.15) is 5.26 Å². The third-order valence-corrected chi connectivity index (χ3v) is 5.45. The van der Waals surface area contributed by atoms with Gasteiger partial charge < -0.3 is 15.4 Å². The standard InChI is InChI=1S/C20H20ClN3O4S/c1-4-28-20(27)18-11(2)15(10-22)19(29-18)24-17(26)9-16(23-12(3)25)13-5-7-14(21)8-6-13/h5-8,16H,4,9H2,1-3H3,(H,23,25)(H,24,26). The van der Waals surface area contributed by atoms with Crippen LogP contribution in [-0.4, -0.2) is 24.4 Å². The zero-order chi connectivity index (χ0) is 21.6. The molecule has 1 atom stereocenters. The first kappa shape index (κ1) is 22.4. The zero-order valence-electron chi connectivity index (χ0n) is 16.2. The van der Waals surface area contributed by atoms with Gasteiger partial charge in [-0.1, -0.05) is 23.7 Å². The van der Waals surface area contributed by atoms with Crippen LogP contribution in [0.15, 0.2) is 24.3 Å². The Morgan fingerprint density at radius 2 is 1.93 bits per heavy atom. The van der Waals surface area contributed by atoms with Gasteiger partial charge in [0.2, 0.25) is 11.8 Å². The average Bonchev–Trinajstić information content (AvgIpc) is 2.96. The van der Waals surface area contributed by atoms with E-state index in [1.54, 1.807) is 38.1 Å². The summed E-state index contributed by atoms with van der Waals surface area (Å²) in [5, 5.41) is 15.7. The molecular formula is C20H20ClN3O4S. The molecule has 0 fully saturated rings. The number of carbonyl (C=O) groups excluding carboxylic acids is 3. The van der Waals surface area contributed by atoms with E-state index in [2.05, 4.69) is 10.6 Å². The van der Waals surface area contributed by atoms with Gasteiger partial charge in [-0.3, -0.25) is 9.59 Å². The molecule has 9 heteroatoms. The molecule has 29 heavy (non-hydrogen) atoms. The summed E-state index contributed by atoms with van der Waals surface area (Å²) in [6.07, 6.45) is -0.0578. The van der Waals surface area contributed by atoms with Gasteiger partial charge in [0.15, 0.2) is 0 Å². The van der Waals surface area contributed by atoms with Crippen LogP contribution in [0.1, 0.15) is 52.7 Å². The van der Waals surface area contributed by atoms with Gasteiger partial charge >= 0.3 is 5.97 Å². The van der Waals surface area contributed by atoms with E-state index in [-0.39, 0.29) is 34.4 Å². The molecule has 1 aromatic carbocycles. The van der Waals surface area contributed by atoms with E-state index in [0.29, 0.717) is 10.6 Å². The van der Waals surface area contributed by atoms with Crippen molar-refractivity contribution in [3.05, 3.63) is 50.9 Å².